The molecule has 0 aliphatic heterocycles. The van der Waals surface area contributed by atoms with Crippen LogP contribution in [0.15, 0.2) is 48.1 Å². The third-order valence-corrected chi connectivity index (χ3v) is 5.45. The van der Waals surface area contributed by atoms with E-state index in [0.29, 0.717) is 24.2 Å². The molecule has 0 N–H and O–H groups in total. The van der Waals surface area contributed by atoms with Gasteiger partial charge in [-0.2, -0.15) is 23.0 Å². The minimum atomic E-state index is -4.46. The monoisotopic (exact) mass is 449 g/mol. The molecule has 1 fully saturated rings. The zero-order valence-electron chi connectivity index (χ0n) is 16.4. The Hall–Kier alpha value is -3.02. The molecule has 0 bridgehead atoms. The lowest BCUT2D eigenvalue weighted by atomic mass is 10.1. The van der Waals surface area contributed by atoms with E-state index in [0.717, 1.165) is 19.0 Å². The zero-order valence-corrected chi connectivity index (χ0v) is 17.2. The summed E-state index contributed by atoms with van der Waals surface area (Å²) in [4.78, 5) is 31.2. The summed E-state index contributed by atoms with van der Waals surface area (Å²) in [5.41, 5.74) is -4.38. The van der Waals surface area contributed by atoms with E-state index >= 15 is 0 Å². The average molecular weight is 449 g/mol. The number of nitrogens with zero attached hydrogens (tertiary/aromatic N) is 7. The molecule has 1 aliphatic carbocycles. The average Bonchev–Trinajstić information content (AvgIpc) is 3.43. The van der Waals surface area contributed by atoms with Crippen LogP contribution in [-0.2, 0) is 0 Å². The van der Waals surface area contributed by atoms with Crippen molar-refractivity contribution in [1.29, 1.82) is 0 Å². The third-order valence-electron chi connectivity index (χ3n) is 4.76. The van der Waals surface area contributed by atoms with Gasteiger partial charge in [-0.3, -0.25) is 9.78 Å². The Balaban J connectivity index is 1.63. The number of hydrogen-bond donors (Lipinski definition) is 0. The van der Waals surface area contributed by atoms with Crippen LogP contribution >= 0.6 is 11.8 Å². The highest BCUT2D eigenvalue weighted by molar-refractivity contribution is 8.00. The lowest BCUT2D eigenvalue weighted by molar-refractivity contribution is -0.0328. The largest absolute Gasteiger partial charge is 0.446 e. The molecule has 3 heterocycles. The first-order chi connectivity index (χ1) is 14.8. The van der Waals surface area contributed by atoms with Crippen molar-refractivity contribution in [3.05, 3.63) is 54.6 Å². The fraction of sp³-hybridized carbons (Fsp3) is 0.368. The van der Waals surface area contributed by atoms with Crippen LogP contribution in [0.3, 0.4) is 0 Å². The lowest BCUT2D eigenvalue weighted by Gasteiger charge is -2.29. The molecule has 1 aliphatic rings. The highest BCUT2D eigenvalue weighted by Gasteiger charge is 2.34. The Morgan fingerprint density at radius 3 is 2.68 bits per heavy atom. The van der Waals surface area contributed by atoms with Crippen molar-refractivity contribution in [3.63, 3.8) is 0 Å². The van der Waals surface area contributed by atoms with Crippen molar-refractivity contribution < 1.29 is 18.0 Å². The number of hydrogen-bond acceptors (Lipinski definition) is 7. The van der Waals surface area contributed by atoms with Gasteiger partial charge in [0, 0.05) is 36.2 Å². The van der Waals surface area contributed by atoms with E-state index in [9.17, 15) is 18.0 Å². The van der Waals surface area contributed by atoms with Crippen LogP contribution in [0.4, 0.5) is 13.2 Å². The number of amides is 1. The van der Waals surface area contributed by atoms with Crippen LogP contribution in [0.2, 0.25) is 0 Å². The first-order valence-electron chi connectivity index (χ1n) is 9.51. The van der Waals surface area contributed by atoms with E-state index in [1.165, 1.54) is 23.3 Å². The summed E-state index contributed by atoms with van der Waals surface area (Å²) in [5, 5.41) is 4.17. The highest BCUT2D eigenvalue weighted by Crippen LogP contribution is 2.37. The summed E-state index contributed by atoms with van der Waals surface area (Å²) in [6.07, 6.45) is 8.85. The fourth-order valence-corrected chi connectivity index (χ4v) is 3.68. The summed E-state index contributed by atoms with van der Waals surface area (Å²) in [6.45, 7) is 2.25. The molecule has 0 saturated heterocycles. The van der Waals surface area contributed by atoms with Crippen LogP contribution in [-0.4, -0.2) is 52.6 Å². The predicted octanol–water partition coefficient (Wildman–Crippen LogP) is 3.68. The van der Waals surface area contributed by atoms with E-state index in [4.69, 9.17) is 0 Å². The van der Waals surface area contributed by atoms with Crippen LogP contribution < -0.4 is 0 Å². The van der Waals surface area contributed by atoms with E-state index < -0.39 is 17.5 Å². The molecule has 0 radical (unpaired) electrons. The van der Waals surface area contributed by atoms with Gasteiger partial charge < -0.3 is 4.90 Å². The van der Waals surface area contributed by atoms with Crippen LogP contribution in [0.1, 0.15) is 42.0 Å². The Kier molecular flexibility index (Phi) is 5.90. The highest BCUT2D eigenvalue weighted by atomic mass is 32.2. The van der Waals surface area contributed by atoms with Gasteiger partial charge in [-0.25, -0.2) is 15.0 Å². The summed E-state index contributed by atoms with van der Waals surface area (Å²) in [5.74, 6) is 0.691. The molecule has 12 heteroatoms. The minimum Gasteiger partial charge on any atom is -0.328 e. The molecule has 162 valence electrons. The van der Waals surface area contributed by atoms with Gasteiger partial charge in [0.15, 0.2) is 5.82 Å². The first-order valence-corrected chi connectivity index (χ1v) is 10.3. The lowest BCUT2D eigenvalue weighted by Crippen LogP contribution is -2.36. The number of thioether (sulfide) groups is 1. The van der Waals surface area contributed by atoms with Crippen LogP contribution in [0.25, 0.3) is 5.95 Å². The summed E-state index contributed by atoms with van der Waals surface area (Å²) >= 11 is -0.300. The second kappa shape index (κ2) is 8.61. The SMILES string of the molecule is CC(c1ncnn1-c1ncccn1)N(CC1CC1)C(=O)c1cncc(SC(F)(F)F)c1. The second-order valence-electron chi connectivity index (χ2n) is 7.11. The van der Waals surface area contributed by atoms with E-state index in [2.05, 4.69) is 25.0 Å². The Bertz CT molecular complexity index is 1060. The smallest absolute Gasteiger partial charge is 0.328 e. The summed E-state index contributed by atoms with van der Waals surface area (Å²) in [6, 6.07) is 2.37. The van der Waals surface area contributed by atoms with Gasteiger partial charge in [-0.05, 0) is 49.6 Å². The van der Waals surface area contributed by atoms with Gasteiger partial charge in [-0.1, -0.05) is 0 Å². The number of aromatic nitrogens is 6. The van der Waals surface area contributed by atoms with Crippen molar-refractivity contribution in [2.75, 3.05) is 6.54 Å². The summed E-state index contributed by atoms with van der Waals surface area (Å²) in [7, 11) is 0. The molecular weight excluding hydrogens is 431 g/mol. The third kappa shape index (κ3) is 5.19. The molecule has 4 rings (SSSR count). The second-order valence-corrected chi connectivity index (χ2v) is 8.25. The van der Waals surface area contributed by atoms with Gasteiger partial charge >= 0.3 is 5.51 Å². The molecule has 8 nitrogen and oxygen atoms in total. The Morgan fingerprint density at radius 1 is 1.26 bits per heavy atom. The van der Waals surface area contributed by atoms with Crippen molar-refractivity contribution in [1.82, 2.24) is 34.6 Å². The Labute approximate surface area is 179 Å². The van der Waals surface area contributed by atoms with Crippen LogP contribution in [0.5, 0.6) is 0 Å². The molecular formula is C19H18F3N7OS. The molecule has 3 aromatic rings. The number of rotatable bonds is 7. The number of carbonyl (C=O) groups is 1. The van der Waals surface area contributed by atoms with Gasteiger partial charge in [0.2, 0.25) is 0 Å². The first kappa shape index (κ1) is 21.2. The van der Waals surface area contributed by atoms with Crippen molar-refractivity contribution in [3.8, 4) is 5.95 Å². The molecule has 0 spiro atoms. The number of pyridine rings is 1. The topological polar surface area (TPSA) is 89.7 Å². The Morgan fingerprint density at radius 2 is 2.00 bits per heavy atom. The van der Waals surface area contributed by atoms with E-state index in [1.54, 1.807) is 30.3 Å². The molecule has 31 heavy (non-hydrogen) atoms. The van der Waals surface area contributed by atoms with E-state index in [1.807, 2.05) is 0 Å². The maximum Gasteiger partial charge on any atom is 0.446 e. The number of alkyl halides is 3. The molecule has 1 saturated carbocycles. The van der Waals surface area contributed by atoms with Crippen molar-refractivity contribution in [2.45, 2.75) is 36.2 Å². The molecule has 1 atom stereocenters. The standard InChI is InChI=1S/C19H18F3N7OS/c1-12(16-26-11-27-29(16)18-24-5-2-6-25-18)28(10-13-3-4-13)17(30)14-7-15(9-23-8-14)31-19(20,21)22/h2,5-9,11-13H,3-4,10H2,1H3. The molecule has 1 amide bonds. The van der Waals surface area contributed by atoms with Gasteiger partial charge in [-0.15, -0.1) is 0 Å². The normalized spacial score (nSPS) is 15.0. The quantitative estimate of drug-likeness (QED) is 0.508. The summed E-state index contributed by atoms with van der Waals surface area (Å²) < 4.78 is 39.7. The molecule has 1 unspecified atom stereocenters. The predicted molar refractivity (Wildman–Crippen MR) is 105 cm³/mol. The van der Waals surface area contributed by atoms with Gasteiger partial charge in [0.05, 0.1) is 11.6 Å². The van der Waals surface area contributed by atoms with Crippen LogP contribution in [0, 0.1) is 5.92 Å². The number of carbonyl (C=O) groups excluding carboxylic acids is 1. The van der Waals surface area contributed by atoms with Gasteiger partial charge in [0.25, 0.3) is 11.9 Å². The maximum absolute atomic E-state index is 13.3. The number of halogens is 3. The molecule has 3 aromatic heterocycles. The molecule has 0 aromatic carbocycles. The van der Waals surface area contributed by atoms with Crippen molar-refractivity contribution in [2.24, 2.45) is 5.92 Å². The fourth-order valence-electron chi connectivity index (χ4n) is 3.12. The minimum absolute atomic E-state index is 0.0868. The maximum atomic E-state index is 13.3. The zero-order chi connectivity index (χ0) is 22.0. The van der Waals surface area contributed by atoms with E-state index in [-0.39, 0.29) is 22.2 Å². The van der Waals surface area contributed by atoms with Gasteiger partial charge in [0.1, 0.15) is 6.33 Å². The van der Waals surface area contributed by atoms with Crippen molar-refractivity contribution >= 4 is 17.7 Å².